The molecule has 1 N–H and O–H groups in total. The predicted octanol–water partition coefficient (Wildman–Crippen LogP) is 0.205. The second kappa shape index (κ2) is 4.25. The molecule has 1 saturated heterocycles. The number of aromatic nitrogens is 2. The zero-order valence-corrected chi connectivity index (χ0v) is 9.86. The molecular weight excluding hydrogens is 206 g/mol. The maximum atomic E-state index is 11.6. The fraction of sp³-hybridized carbons (Fsp3) is 0.636. The first-order valence-corrected chi connectivity index (χ1v) is 5.42. The van der Waals surface area contributed by atoms with Gasteiger partial charge in [-0.2, -0.15) is 5.10 Å². The van der Waals surface area contributed by atoms with E-state index >= 15 is 0 Å². The molecule has 0 bridgehead atoms. The van der Waals surface area contributed by atoms with Crippen LogP contribution in [0.3, 0.4) is 0 Å². The average Bonchev–Trinajstić information content (AvgIpc) is 2.86. The number of hydrogen-bond donors (Lipinski definition) is 1. The Hall–Kier alpha value is -1.36. The van der Waals surface area contributed by atoms with Crippen LogP contribution >= 0.6 is 0 Å². The monoisotopic (exact) mass is 223 g/mol. The van der Waals surface area contributed by atoms with Crippen LogP contribution in [0.15, 0.2) is 6.20 Å². The Bertz CT molecular complexity index is 400. The Morgan fingerprint density at radius 1 is 1.62 bits per heavy atom. The smallest absolute Gasteiger partial charge is 0.310 e. The molecule has 5 nitrogen and oxygen atoms in total. The third kappa shape index (κ3) is 1.71. The minimum Gasteiger partial charge on any atom is -0.469 e. The number of esters is 1. The van der Waals surface area contributed by atoms with Crippen molar-refractivity contribution in [3.05, 3.63) is 17.5 Å². The quantitative estimate of drug-likeness (QED) is 0.728. The minimum absolute atomic E-state index is 0.0899. The normalized spacial score (nSPS) is 24.7. The van der Waals surface area contributed by atoms with Crippen molar-refractivity contribution < 1.29 is 9.53 Å². The number of nitrogens with one attached hydrogen (secondary N) is 1. The molecule has 0 radical (unpaired) electrons. The molecule has 0 aromatic carbocycles. The summed E-state index contributed by atoms with van der Waals surface area (Å²) in [5.41, 5.74) is 2.26. The number of hydrogen-bond acceptors (Lipinski definition) is 4. The van der Waals surface area contributed by atoms with Crippen molar-refractivity contribution >= 4 is 5.97 Å². The molecule has 1 aliphatic rings. The third-order valence-corrected chi connectivity index (χ3v) is 3.39. The van der Waals surface area contributed by atoms with Crippen molar-refractivity contribution in [2.24, 2.45) is 13.0 Å². The lowest BCUT2D eigenvalue weighted by Gasteiger charge is -2.15. The molecule has 2 atom stereocenters. The summed E-state index contributed by atoms with van der Waals surface area (Å²) in [6.45, 7) is 3.52. The zero-order chi connectivity index (χ0) is 11.7. The first kappa shape index (κ1) is 11.1. The van der Waals surface area contributed by atoms with Crippen LogP contribution in [-0.4, -0.2) is 35.9 Å². The first-order valence-electron chi connectivity index (χ1n) is 5.42. The number of methoxy groups -OCH3 is 1. The summed E-state index contributed by atoms with van der Waals surface area (Å²) < 4.78 is 6.66. The van der Waals surface area contributed by atoms with Gasteiger partial charge in [0.25, 0.3) is 0 Å². The summed E-state index contributed by atoms with van der Waals surface area (Å²) in [6.07, 6.45) is 1.85. The lowest BCUT2D eigenvalue weighted by Crippen LogP contribution is -2.23. The van der Waals surface area contributed by atoms with Gasteiger partial charge in [-0.25, -0.2) is 0 Å². The molecule has 5 heteroatoms. The van der Waals surface area contributed by atoms with Crippen molar-refractivity contribution in [1.29, 1.82) is 0 Å². The van der Waals surface area contributed by atoms with E-state index in [9.17, 15) is 4.79 Å². The van der Waals surface area contributed by atoms with Gasteiger partial charge in [0.15, 0.2) is 0 Å². The Morgan fingerprint density at radius 3 is 2.94 bits per heavy atom. The number of carbonyl (C=O) groups excluding carboxylic acids is 1. The first-order chi connectivity index (χ1) is 7.65. The Balaban J connectivity index is 2.26. The summed E-state index contributed by atoms with van der Waals surface area (Å²) in [5.74, 6) is -0.0488. The number of aryl methyl sites for hydroxylation is 1. The van der Waals surface area contributed by atoms with Gasteiger partial charge < -0.3 is 10.1 Å². The topological polar surface area (TPSA) is 56.1 Å². The number of rotatable bonds is 2. The molecule has 1 aliphatic heterocycles. The van der Waals surface area contributed by atoms with Crippen LogP contribution in [-0.2, 0) is 16.6 Å². The number of ether oxygens (including phenoxy) is 1. The van der Waals surface area contributed by atoms with Crippen molar-refractivity contribution in [2.75, 3.05) is 20.2 Å². The van der Waals surface area contributed by atoms with E-state index in [-0.39, 0.29) is 17.8 Å². The van der Waals surface area contributed by atoms with E-state index in [0.29, 0.717) is 6.54 Å². The Kier molecular flexibility index (Phi) is 2.96. The second-order valence-corrected chi connectivity index (χ2v) is 4.20. The highest BCUT2D eigenvalue weighted by molar-refractivity contribution is 5.74. The fourth-order valence-electron chi connectivity index (χ4n) is 2.28. The predicted molar refractivity (Wildman–Crippen MR) is 59.1 cm³/mol. The van der Waals surface area contributed by atoms with Gasteiger partial charge in [0.05, 0.1) is 19.2 Å². The number of carbonyl (C=O) groups is 1. The average molecular weight is 223 g/mol. The zero-order valence-electron chi connectivity index (χ0n) is 9.86. The molecule has 1 aromatic rings. The van der Waals surface area contributed by atoms with Crippen LogP contribution in [0, 0.1) is 12.8 Å². The summed E-state index contributed by atoms with van der Waals surface area (Å²) in [7, 11) is 3.35. The van der Waals surface area contributed by atoms with Crippen LogP contribution in [0.1, 0.15) is 17.2 Å². The van der Waals surface area contributed by atoms with E-state index in [1.165, 1.54) is 7.11 Å². The molecule has 0 spiro atoms. The van der Waals surface area contributed by atoms with E-state index < -0.39 is 0 Å². The summed E-state index contributed by atoms with van der Waals surface area (Å²) in [5, 5.41) is 7.45. The van der Waals surface area contributed by atoms with Crippen molar-refractivity contribution in [1.82, 2.24) is 15.1 Å². The molecule has 88 valence electrons. The summed E-state index contributed by atoms with van der Waals surface area (Å²) >= 11 is 0. The van der Waals surface area contributed by atoms with E-state index in [0.717, 1.165) is 17.8 Å². The largest absolute Gasteiger partial charge is 0.469 e. The molecule has 0 unspecified atom stereocenters. The molecule has 0 saturated carbocycles. The molecule has 1 aromatic heterocycles. The highest BCUT2D eigenvalue weighted by Crippen LogP contribution is 2.30. The highest BCUT2D eigenvalue weighted by Gasteiger charge is 2.36. The van der Waals surface area contributed by atoms with Gasteiger partial charge in [0.2, 0.25) is 0 Å². The van der Waals surface area contributed by atoms with E-state index in [1.807, 2.05) is 24.9 Å². The summed E-state index contributed by atoms with van der Waals surface area (Å²) in [4.78, 5) is 11.6. The molecule has 0 amide bonds. The highest BCUT2D eigenvalue weighted by atomic mass is 16.5. The standard InChI is InChI=1S/C11H17N3O2/c1-7-8(6-13-14(7)2)9-4-12-5-10(9)11(15)16-3/h6,9-10,12H,4-5H2,1-3H3/t9-,10+/m0/s1. The van der Waals surface area contributed by atoms with Crippen molar-refractivity contribution in [3.8, 4) is 0 Å². The van der Waals surface area contributed by atoms with Crippen LogP contribution in [0.4, 0.5) is 0 Å². The van der Waals surface area contributed by atoms with Gasteiger partial charge in [0, 0.05) is 31.7 Å². The maximum Gasteiger partial charge on any atom is 0.310 e. The SMILES string of the molecule is COC(=O)[C@@H]1CNC[C@H]1c1cnn(C)c1C. The molecule has 2 heterocycles. The molecule has 2 rings (SSSR count). The lowest BCUT2D eigenvalue weighted by atomic mass is 9.89. The van der Waals surface area contributed by atoms with Gasteiger partial charge in [-0.3, -0.25) is 9.48 Å². The number of nitrogens with zero attached hydrogens (tertiary/aromatic N) is 2. The van der Waals surface area contributed by atoms with Crippen molar-refractivity contribution in [2.45, 2.75) is 12.8 Å². The molecule has 0 aliphatic carbocycles. The maximum absolute atomic E-state index is 11.6. The molecular formula is C11H17N3O2. The summed E-state index contributed by atoms with van der Waals surface area (Å²) in [6, 6.07) is 0. The molecule has 1 fully saturated rings. The third-order valence-electron chi connectivity index (χ3n) is 3.39. The van der Waals surface area contributed by atoms with Crippen molar-refractivity contribution in [3.63, 3.8) is 0 Å². The van der Waals surface area contributed by atoms with Crippen LogP contribution in [0.25, 0.3) is 0 Å². The van der Waals surface area contributed by atoms with Gasteiger partial charge >= 0.3 is 5.97 Å². The van der Waals surface area contributed by atoms with Gasteiger partial charge in [-0.15, -0.1) is 0 Å². The Morgan fingerprint density at radius 2 is 2.38 bits per heavy atom. The van der Waals surface area contributed by atoms with Gasteiger partial charge in [-0.1, -0.05) is 0 Å². The van der Waals surface area contributed by atoms with E-state index in [1.54, 1.807) is 0 Å². The van der Waals surface area contributed by atoms with Gasteiger partial charge in [0.1, 0.15) is 0 Å². The van der Waals surface area contributed by atoms with Crippen LogP contribution < -0.4 is 5.32 Å². The van der Waals surface area contributed by atoms with E-state index in [4.69, 9.17) is 4.74 Å². The Labute approximate surface area is 94.8 Å². The second-order valence-electron chi connectivity index (χ2n) is 4.20. The van der Waals surface area contributed by atoms with E-state index in [2.05, 4.69) is 10.4 Å². The van der Waals surface area contributed by atoms with Crippen LogP contribution in [0.2, 0.25) is 0 Å². The minimum atomic E-state index is -0.141. The van der Waals surface area contributed by atoms with Crippen LogP contribution in [0.5, 0.6) is 0 Å². The van der Waals surface area contributed by atoms with Gasteiger partial charge in [-0.05, 0) is 12.5 Å². The lowest BCUT2D eigenvalue weighted by molar-refractivity contribution is -0.145. The fourth-order valence-corrected chi connectivity index (χ4v) is 2.28. The molecule has 16 heavy (non-hydrogen) atoms.